The van der Waals surface area contributed by atoms with E-state index in [4.69, 9.17) is 15.0 Å². The van der Waals surface area contributed by atoms with E-state index in [1.54, 1.807) is 5.47 Å². The van der Waals surface area contributed by atoms with Gasteiger partial charge in [-0.3, -0.25) is 19.1 Å². The standard InChI is InChI=1S/C50H36BN7/c1-29-25-35-42-33-17-8-9-21-39(33)55(31-13-4-2-5-14-31)49(42)58-41-28-30(38-20-10-11-22-52-38)27-40-44(41)51(37(26-29)47(35)58)36-19-12-18-34-43-45-48(54-24-23-53-45)56(32-15-6-3-7-16-32)50(43)57(40)46(34)36/h2-25,27,29-30,33,39H,26,28H2,1H3. The Balaban J connectivity index is 1.17. The highest BCUT2D eigenvalue weighted by Crippen LogP contribution is 2.54. The quantitative estimate of drug-likeness (QED) is 0.171. The Morgan fingerprint density at radius 3 is 2.36 bits per heavy atom. The molecule has 3 aliphatic carbocycles. The monoisotopic (exact) mass is 745 g/mol. The third-order valence-electron chi connectivity index (χ3n) is 13.8. The van der Waals surface area contributed by atoms with E-state index in [9.17, 15) is 0 Å². The number of nitrogens with zero attached hydrogens (tertiary/aromatic N) is 7. The highest BCUT2D eigenvalue weighted by molar-refractivity contribution is 6.98. The van der Waals surface area contributed by atoms with Crippen LogP contribution >= 0.6 is 0 Å². The van der Waals surface area contributed by atoms with Crippen molar-refractivity contribution in [3.63, 3.8) is 0 Å². The molecule has 4 atom stereocenters. The van der Waals surface area contributed by atoms with Crippen LogP contribution in [-0.4, -0.2) is 41.4 Å². The average Bonchev–Trinajstić information content (AvgIpc) is 4.00. The van der Waals surface area contributed by atoms with Crippen molar-refractivity contribution >= 4 is 79.7 Å². The minimum absolute atomic E-state index is 0.0644. The first kappa shape index (κ1) is 31.2. The highest BCUT2D eigenvalue weighted by atomic mass is 15.3. The largest absolute Gasteiger partial charge is 0.319 e. The number of aromatic nitrogens is 6. The Kier molecular flexibility index (Phi) is 5.99. The molecule has 7 nitrogen and oxygen atoms in total. The third-order valence-corrected chi connectivity index (χ3v) is 13.8. The second-order valence-electron chi connectivity index (χ2n) is 16.8. The summed E-state index contributed by atoms with van der Waals surface area (Å²) in [6.07, 6.45) is 22.0. The van der Waals surface area contributed by atoms with E-state index >= 15 is 0 Å². The molecule has 274 valence electrons. The summed E-state index contributed by atoms with van der Waals surface area (Å²) in [5.74, 6) is 2.05. The molecule has 0 saturated carbocycles. The van der Waals surface area contributed by atoms with E-state index in [1.165, 1.54) is 60.9 Å². The van der Waals surface area contributed by atoms with Crippen LogP contribution < -0.4 is 20.9 Å². The first-order valence-electron chi connectivity index (χ1n) is 20.6. The predicted octanol–water partition coefficient (Wildman–Crippen LogP) is 8.17. The summed E-state index contributed by atoms with van der Waals surface area (Å²) < 4.78 is 7.68. The number of hydrogen-bond donors (Lipinski definition) is 0. The van der Waals surface area contributed by atoms with Crippen LogP contribution in [0.4, 0.5) is 11.5 Å². The molecule has 8 heteroatoms. The molecule has 0 fully saturated rings. The van der Waals surface area contributed by atoms with Gasteiger partial charge in [-0.05, 0) is 66.1 Å². The number of para-hydroxylation sites is 3. The number of pyridine rings is 1. The first-order valence-corrected chi connectivity index (χ1v) is 20.6. The first-order chi connectivity index (χ1) is 28.7. The molecule has 0 spiro atoms. The molecule has 58 heavy (non-hydrogen) atoms. The zero-order valence-corrected chi connectivity index (χ0v) is 31.9. The van der Waals surface area contributed by atoms with Gasteiger partial charge >= 0.3 is 0 Å². The van der Waals surface area contributed by atoms with Gasteiger partial charge in [0.15, 0.2) is 5.65 Å². The van der Waals surface area contributed by atoms with Crippen LogP contribution in [0.15, 0.2) is 152 Å². The summed E-state index contributed by atoms with van der Waals surface area (Å²) in [5.41, 5.74) is 16.0. The molecule has 0 radical (unpaired) electrons. The molecular weight excluding hydrogens is 709 g/mol. The highest BCUT2D eigenvalue weighted by Gasteiger charge is 2.50. The molecule has 3 aromatic carbocycles. The fourth-order valence-corrected chi connectivity index (χ4v) is 11.8. The van der Waals surface area contributed by atoms with Gasteiger partial charge in [-0.15, -0.1) is 0 Å². The van der Waals surface area contributed by atoms with Crippen molar-refractivity contribution in [3.8, 4) is 5.69 Å². The van der Waals surface area contributed by atoms with Gasteiger partial charge in [0.1, 0.15) is 17.0 Å². The maximum atomic E-state index is 5.07. The molecule has 0 bridgehead atoms. The Morgan fingerprint density at radius 1 is 0.707 bits per heavy atom. The molecular formula is C50H36BN7. The summed E-state index contributed by atoms with van der Waals surface area (Å²) in [5, 5.41) is 5.23. The van der Waals surface area contributed by atoms with Crippen LogP contribution in [0.1, 0.15) is 42.9 Å². The van der Waals surface area contributed by atoms with Gasteiger partial charge in [-0.25, -0.2) is 4.98 Å². The van der Waals surface area contributed by atoms with E-state index < -0.39 is 0 Å². The van der Waals surface area contributed by atoms with Crippen molar-refractivity contribution in [2.45, 2.75) is 37.6 Å². The van der Waals surface area contributed by atoms with Crippen LogP contribution in [-0.2, 0) is 0 Å². The van der Waals surface area contributed by atoms with Gasteiger partial charge in [0.2, 0.25) is 6.71 Å². The third kappa shape index (κ3) is 3.79. The van der Waals surface area contributed by atoms with E-state index in [1.807, 2.05) is 24.7 Å². The van der Waals surface area contributed by atoms with Gasteiger partial charge in [0, 0.05) is 80.4 Å². The second kappa shape index (κ2) is 11.1. The zero-order chi connectivity index (χ0) is 37.8. The summed E-state index contributed by atoms with van der Waals surface area (Å²) in [6.45, 7) is 2.55. The van der Waals surface area contributed by atoms with Crippen LogP contribution in [0.25, 0.3) is 61.7 Å². The Morgan fingerprint density at radius 2 is 1.52 bits per heavy atom. The lowest BCUT2D eigenvalue weighted by atomic mass is 9.31. The summed E-state index contributed by atoms with van der Waals surface area (Å²) in [7, 11) is 0. The van der Waals surface area contributed by atoms with E-state index in [-0.39, 0.29) is 24.6 Å². The number of anilines is 2. The van der Waals surface area contributed by atoms with Crippen molar-refractivity contribution in [1.82, 2.24) is 28.7 Å². The van der Waals surface area contributed by atoms with Crippen molar-refractivity contribution in [2.24, 2.45) is 5.92 Å². The van der Waals surface area contributed by atoms with Crippen molar-refractivity contribution in [3.05, 3.63) is 173 Å². The summed E-state index contributed by atoms with van der Waals surface area (Å²) >= 11 is 0. The van der Waals surface area contributed by atoms with Crippen LogP contribution in [0.2, 0.25) is 0 Å². The Labute approximate surface area is 334 Å². The van der Waals surface area contributed by atoms with Gasteiger partial charge in [0.05, 0.1) is 16.9 Å². The SMILES string of the molecule is CC1C=c2c3c(n4c2=C(C1)B1C2=C4CC(c4ccccn4)C=C2n2c4c1cccc4c1c4nccnc4n(-c4ccccc4)c12)N(c1ccccc1)C1C=CC=CC31. The van der Waals surface area contributed by atoms with Gasteiger partial charge in [0.25, 0.3) is 0 Å². The van der Waals surface area contributed by atoms with Gasteiger partial charge in [-0.1, -0.05) is 110 Å². The number of allylic oxidation sites excluding steroid dienone is 6. The Bertz CT molecular complexity index is 3380. The van der Waals surface area contributed by atoms with Gasteiger partial charge < -0.3 is 9.47 Å². The fourth-order valence-electron chi connectivity index (χ4n) is 11.8. The molecule has 0 amide bonds. The number of hydrogen-bond acceptors (Lipinski definition) is 4. The lowest BCUT2D eigenvalue weighted by Crippen LogP contribution is -2.53. The summed E-state index contributed by atoms with van der Waals surface area (Å²) in [4.78, 5) is 17.8. The molecule has 5 aromatic heterocycles. The molecule has 8 heterocycles. The van der Waals surface area contributed by atoms with E-state index in [0.29, 0.717) is 5.92 Å². The Hall–Kier alpha value is -6.93. The molecule has 4 unspecified atom stereocenters. The minimum Gasteiger partial charge on any atom is -0.319 e. The number of fused-ring (bicyclic) bond motifs is 14. The zero-order valence-electron chi connectivity index (χ0n) is 31.9. The maximum absolute atomic E-state index is 5.07. The second-order valence-corrected chi connectivity index (χ2v) is 16.8. The lowest BCUT2D eigenvalue weighted by molar-refractivity contribution is 0.716. The lowest BCUT2D eigenvalue weighted by Gasteiger charge is -2.41. The van der Waals surface area contributed by atoms with Crippen molar-refractivity contribution < 1.29 is 0 Å². The number of benzene rings is 3. The molecule has 0 N–H and O–H groups in total. The van der Waals surface area contributed by atoms with Crippen LogP contribution in [0.3, 0.4) is 0 Å². The fraction of sp³-hybridized carbons (Fsp3) is 0.140. The summed E-state index contributed by atoms with van der Waals surface area (Å²) in [6, 6.07) is 35.4. The maximum Gasteiger partial charge on any atom is 0.247 e. The van der Waals surface area contributed by atoms with E-state index in [0.717, 1.165) is 46.4 Å². The smallest absolute Gasteiger partial charge is 0.247 e. The van der Waals surface area contributed by atoms with Crippen LogP contribution in [0.5, 0.6) is 0 Å². The average molecular weight is 746 g/mol. The molecule has 6 aliphatic rings. The molecule has 3 aliphatic heterocycles. The minimum atomic E-state index is 0.0644. The molecule has 0 saturated heterocycles. The van der Waals surface area contributed by atoms with Gasteiger partial charge in [-0.2, -0.15) is 0 Å². The molecule has 8 aromatic rings. The predicted molar refractivity (Wildman–Crippen MR) is 235 cm³/mol. The topological polar surface area (TPSA) is 56.7 Å². The number of rotatable bonds is 3. The van der Waals surface area contributed by atoms with Crippen molar-refractivity contribution in [1.29, 1.82) is 0 Å². The van der Waals surface area contributed by atoms with Crippen LogP contribution in [0, 0.1) is 5.92 Å². The molecule has 14 rings (SSSR count). The normalized spacial score (nSPS) is 22.0. The van der Waals surface area contributed by atoms with E-state index in [2.05, 4.69) is 153 Å². The van der Waals surface area contributed by atoms with Crippen molar-refractivity contribution in [2.75, 3.05) is 4.90 Å².